The summed E-state index contributed by atoms with van der Waals surface area (Å²) in [7, 11) is 0. The number of aliphatic hydroxyl groups is 4. The second kappa shape index (κ2) is 7.81. The number of anilines is 1. The Balaban J connectivity index is 1.75. The maximum absolute atomic E-state index is 13.3. The Hall–Kier alpha value is -2.78. The molecule has 158 valence electrons. The number of carbonyl (C=O) groups excluding carboxylic acids is 2. The molecule has 2 fully saturated rings. The molecule has 2 saturated heterocycles. The fourth-order valence-electron chi connectivity index (χ4n) is 4.39. The molecule has 0 saturated carbocycles. The van der Waals surface area contributed by atoms with Crippen LogP contribution in [-0.4, -0.2) is 80.2 Å². The van der Waals surface area contributed by atoms with Crippen LogP contribution in [0.15, 0.2) is 54.6 Å². The van der Waals surface area contributed by atoms with Gasteiger partial charge in [-0.3, -0.25) is 9.59 Å². The van der Waals surface area contributed by atoms with E-state index in [0.29, 0.717) is 5.69 Å². The van der Waals surface area contributed by atoms with E-state index in [1.165, 1.54) is 4.90 Å². The van der Waals surface area contributed by atoms with Crippen molar-refractivity contribution >= 4 is 17.5 Å². The van der Waals surface area contributed by atoms with Crippen LogP contribution < -0.4 is 4.90 Å². The molecular weight excluding hydrogens is 388 g/mol. The Morgan fingerprint density at radius 3 is 2.27 bits per heavy atom. The number of likely N-dealkylation sites (tertiary alicyclic amines) is 1. The van der Waals surface area contributed by atoms with E-state index in [4.69, 9.17) is 0 Å². The zero-order valence-corrected chi connectivity index (χ0v) is 16.4. The van der Waals surface area contributed by atoms with E-state index in [9.17, 15) is 30.0 Å². The van der Waals surface area contributed by atoms with Crippen molar-refractivity contribution < 1.29 is 30.0 Å². The number of hydrogen-bond donors (Lipinski definition) is 4. The van der Waals surface area contributed by atoms with Crippen LogP contribution in [0.2, 0.25) is 0 Å². The van der Waals surface area contributed by atoms with Crippen LogP contribution in [0, 0.1) is 6.92 Å². The van der Waals surface area contributed by atoms with Gasteiger partial charge in [0.2, 0.25) is 0 Å². The van der Waals surface area contributed by atoms with Gasteiger partial charge in [-0.15, -0.1) is 0 Å². The van der Waals surface area contributed by atoms with Gasteiger partial charge in [-0.2, -0.15) is 0 Å². The van der Waals surface area contributed by atoms with Crippen LogP contribution in [0.1, 0.15) is 15.9 Å². The normalized spacial score (nSPS) is 29.2. The van der Waals surface area contributed by atoms with Crippen molar-refractivity contribution in [1.29, 1.82) is 0 Å². The maximum atomic E-state index is 13.3. The number of β-lactam (4-membered cyclic amide) rings is 1. The van der Waals surface area contributed by atoms with Crippen molar-refractivity contribution in [3.8, 4) is 0 Å². The number of hydrogen-bond acceptors (Lipinski definition) is 6. The highest BCUT2D eigenvalue weighted by atomic mass is 16.3. The average Bonchev–Trinajstić information content (AvgIpc) is 2.76. The number of aryl methyl sites for hydroxylation is 1. The van der Waals surface area contributed by atoms with Crippen LogP contribution in [0.3, 0.4) is 0 Å². The smallest absolute Gasteiger partial charge is 0.255 e. The monoisotopic (exact) mass is 412 g/mol. The van der Waals surface area contributed by atoms with Crippen molar-refractivity contribution in [3.63, 3.8) is 0 Å². The summed E-state index contributed by atoms with van der Waals surface area (Å²) in [6.45, 7) is 1.17. The van der Waals surface area contributed by atoms with Crippen molar-refractivity contribution in [2.24, 2.45) is 0 Å². The van der Waals surface area contributed by atoms with Gasteiger partial charge in [0, 0.05) is 11.3 Å². The molecule has 2 aliphatic rings. The molecule has 8 nitrogen and oxygen atoms in total. The van der Waals surface area contributed by atoms with Crippen LogP contribution in [0.25, 0.3) is 0 Å². The summed E-state index contributed by atoms with van der Waals surface area (Å²) in [5.41, 5.74) is 1.82. The molecule has 0 bridgehead atoms. The lowest BCUT2D eigenvalue weighted by atomic mass is 9.76. The van der Waals surface area contributed by atoms with Crippen LogP contribution >= 0.6 is 0 Å². The maximum Gasteiger partial charge on any atom is 0.255 e. The molecule has 8 heteroatoms. The first-order chi connectivity index (χ1) is 14.4. The van der Waals surface area contributed by atoms with Crippen molar-refractivity contribution in [1.82, 2.24) is 4.90 Å². The van der Waals surface area contributed by atoms with Gasteiger partial charge in [0.15, 0.2) is 0 Å². The molecule has 2 aromatic rings. The highest BCUT2D eigenvalue weighted by Crippen LogP contribution is 2.41. The Kier molecular flexibility index (Phi) is 5.33. The Labute approximate surface area is 173 Å². The van der Waals surface area contributed by atoms with Gasteiger partial charge in [0.05, 0.1) is 18.7 Å². The fraction of sp³-hybridized carbons (Fsp3) is 0.364. The number of aliphatic hydroxyl groups excluding tert-OH is 4. The summed E-state index contributed by atoms with van der Waals surface area (Å²) < 4.78 is 0. The molecule has 0 aliphatic carbocycles. The van der Waals surface area contributed by atoms with E-state index in [0.717, 1.165) is 10.5 Å². The van der Waals surface area contributed by atoms with Gasteiger partial charge in [0.25, 0.3) is 11.8 Å². The van der Waals surface area contributed by atoms with Crippen LogP contribution in [0.5, 0.6) is 0 Å². The van der Waals surface area contributed by atoms with E-state index in [-0.39, 0.29) is 5.56 Å². The number of nitrogens with zero attached hydrogens (tertiary/aromatic N) is 2. The lowest BCUT2D eigenvalue weighted by molar-refractivity contribution is -0.167. The average molecular weight is 412 g/mol. The first kappa shape index (κ1) is 20.5. The SMILES string of the molecule is Cc1ccc(N2C(=O)[C@H]3[C@@H]2[C@@H](O)[C@H](O)[C@@H]([C@@H](O)CO)N3C(=O)c2ccccc2)cc1. The van der Waals surface area contributed by atoms with Crippen LogP contribution in [-0.2, 0) is 4.79 Å². The molecule has 0 unspecified atom stereocenters. The molecule has 0 radical (unpaired) electrons. The Bertz CT molecular complexity index is 934. The lowest BCUT2D eigenvalue weighted by Crippen LogP contribution is -2.84. The highest BCUT2D eigenvalue weighted by Gasteiger charge is 2.64. The minimum Gasteiger partial charge on any atom is -0.394 e. The van der Waals surface area contributed by atoms with Crippen molar-refractivity contribution in [2.45, 2.75) is 43.4 Å². The number of amides is 2. The van der Waals surface area contributed by atoms with E-state index in [1.54, 1.807) is 42.5 Å². The van der Waals surface area contributed by atoms with Gasteiger partial charge in [-0.25, -0.2) is 0 Å². The van der Waals surface area contributed by atoms with Gasteiger partial charge in [-0.05, 0) is 31.2 Å². The number of piperidine rings is 1. The number of rotatable bonds is 4. The largest absolute Gasteiger partial charge is 0.394 e. The molecule has 2 amide bonds. The van der Waals surface area contributed by atoms with Gasteiger partial charge in [0.1, 0.15) is 24.4 Å². The molecule has 6 atom stereocenters. The predicted molar refractivity (Wildman–Crippen MR) is 108 cm³/mol. The van der Waals surface area contributed by atoms with E-state index in [2.05, 4.69) is 0 Å². The summed E-state index contributed by atoms with van der Waals surface area (Å²) in [6.07, 6.45) is -4.48. The second-order valence-electron chi connectivity index (χ2n) is 7.78. The third kappa shape index (κ3) is 3.09. The molecule has 4 N–H and O–H groups in total. The quantitative estimate of drug-likeness (QED) is 0.511. The van der Waals surface area contributed by atoms with Gasteiger partial charge < -0.3 is 30.2 Å². The van der Waals surface area contributed by atoms with Crippen molar-refractivity contribution in [2.75, 3.05) is 11.5 Å². The first-order valence-corrected chi connectivity index (χ1v) is 9.79. The molecule has 2 heterocycles. The zero-order chi connectivity index (χ0) is 21.6. The van der Waals surface area contributed by atoms with E-state index >= 15 is 0 Å². The number of carbonyl (C=O) groups is 2. The Morgan fingerprint density at radius 2 is 1.67 bits per heavy atom. The van der Waals surface area contributed by atoms with E-state index in [1.807, 2.05) is 19.1 Å². The molecular formula is C22H24N2O6. The molecule has 2 aliphatic heterocycles. The summed E-state index contributed by atoms with van der Waals surface area (Å²) in [5.74, 6) is -0.986. The topological polar surface area (TPSA) is 122 Å². The summed E-state index contributed by atoms with van der Waals surface area (Å²) >= 11 is 0. The van der Waals surface area contributed by atoms with E-state index < -0.39 is 54.9 Å². The molecule has 0 spiro atoms. The Morgan fingerprint density at radius 1 is 1.03 bits per heavy atom. The highest BCUT2D eigenvalue weighted by molar-refractivity contribution is 6.09. The van der Waals surface area contributed by atoms with Crippen molar-refractivity contribution in [3.05, 3.63) is 65.7 Å². The third-order valence-corrected chi connectivity index (χ3v) is 5.93. The minimum absolute atomic E-state index is 0.275. The van der Waals surface area contributed by atoms with Gasteiger partial charge >= 0.3 is 0 Å². The molecule has 4 rings (SSSR count). The number of benzene rings is 2. The third-order valence-electron chi connectivity index (χ3n) is 5.93. The summed E-state index contributed by atoms with van der Waals surface area (Å²) in [6, 6.07) is 12.1. The predicted octanol–water partition coefficient (Wildman–Crippen LogP) is -0.322. The van der Waals surface area contributed by atoms with Gasteiger partial charge in [-0.1, -0.05) is 35.9 Å². The fourth-order valence-corrected chi connectivity index (χ4v) is 4.39. The minimum atomic E-state index is -1.55. The lowest BCUT2D eigenvalue weighted by Gasteiger charge is -2.60. The first-order valence-electron chi connectivity index (χ1n) is 9.79. The molecule has 0 aromatic heterocycles. The second-order valence-corrected chi connectivity index (χ2v) is 7.78. The zero-order valence-electron chi connectivity index (χ0n) is 16.4. The molecule has 2 aromatic carbocycles. The summed E-state index contributed by atoms with van der Waals surface area (Å²) in [4.78, 5) is 28.9. The number of fused-ring (bicyclic) bond motifs is 1. The van der Waals surface area contributed by atoms with Crippen LogP contribution in [0.4, 0.5) is 5.69 Å². The molecule has 30 heavy (non-hydrogen) atoms. The summed E-state index contributed by atoms with van der Waals surface area (Å²) in [5, 5.41) is 41.4. The standard InChI is InChI=1S/C22H24N2O6/c1-12-7-9-14(10-8-12)23-17-18(22(23)30)24(21(29)13-5-3-2-4-6-13)16(15(26)11-25)19(27)20(17)28/h2-10,15-20,25-28H,11H2,1H3/t15-,16+,17+,18+,19+,20+/m0/s1.